The Morgan fingerprint density at radius 3 is 2.37 bits per heavy atom. The Balaban J connectivity index is 1.56. The molecule has 4 N–H and O–H groups in total. The van der Waals surface area contributed by atoms with Crippen molar-refractivity contribution in [1.29, 1.82) is 0 Å². The highest BCUT2D eigenvalue weighted by Crippen LogP contribution is 2.49. The van der Waals surface area contributed by atoms with Crippen LogP contribution in [0.25, 0.3) is 21.9 Å². The Labute approximate surface area is 233 Å². The topological polar surface area (TPSA) is 174 Å². The number of aliphatic hydroxyl groups is 2. The maximum Gasteiger partial charge on any atom is 0.404 e. The third kappa shape index (κ3) is 4.38. The molecule has 1 saturated heterocycles. The van der Waals surface area contributed by atoms with Crippen molar-refractivity contribution in [3.05, 3.63) is 41.5 Å². The van der Waals surface area contributed by atoms with Gasteiger partial charge in [-0.25, -0.2) is 9.59 Å². The highest BCUT2D eigenvalue weighted by molar-refractivity contribution is 6.14. The summed E-state index contributed by atoms with van der Waals surface area (Å²) in [5, 5.41) is 22.5. The number of cyclic esters (lactones) is 1. The van der Waals surface area contributed by atoms with Gasteiger partial charge in [0, 0.05) is 16.5 Å². The fraction of sp³-hybridized carbons (Fsp3) is 0.357. The lowest BCUT2D eigenvalue weighted by Gasteiger charge is -2.40. The third-order valence-electron chi connectivity index (χ3n) is 7.34. The second kappa shape index (κ2) is 10.2. The first-order valence-corrected chi connectivity index (χ1v) is 12.7. The molecule has 0 saturated carbocycles. The van der Waals surface area contributed by atoms with E-state index >= 15 is 0 Å². The smallest absolute Gasteiger partial charge is 0.404 e. The average Bonchev–Trinajstić information content (AvgIpc) is 3.59. The van der Waals surface area contributed by atoms with Crippen LogP contribution in [0.2, 0.25) is 0 Å². The number of carbonyl (C=O) groups is 2. The maximum absolute atomic E-state index is 13.2. The minimum absolute atomic E-state index is 0.0782. The van der Waals surface area contributed by atoms with E-state index in [-0.39, 0.29) is 24.7 Å². The van der Waals surface area contributed by atoms with Crippen molar-refractivity contribution in [2.24, 2.45) is 5.73 Å². The number of carbonyl (C=O) groups excluding carboxylic acids is 2. The summed E-state index contributed by atoms with van der Waals surface area (Å²) in [6.07, 6.45) is -7.96. The first-order chi connectivity index (χ1) is 19.7. The molecule has 3 aromatic rings. The predicted octanol–water partition coefficient (Wildman–Crippen LogP) is 2.23. The average molecular weight is 570 g/mol. The summed E-state index contributed by atoms with van der Waals surface area (Å²) in [6, 6.07) is 8.70. The van der Waals surface area contributed by atoms with Gasteiger partial charge in [-0.3, -0.25) is 0 Å². The maximum atomic E-state index is 13.2. The quantitative estimate of drug-likeness (QED) is 0.370. The van der Waals surface area contributed by atoms with Gasteiger partial charge in [0.25, 0.3) is 0 Å². The van der Waals surface area contributed by atoms with E-state index in [0.717, 1.165) is 0 Å². The van der Waals surface area contributed by atoms with E-state index in [1.807, 2.05) is 0 Å². The molecule has 1 fully saturated rings. The molecular formula is C28H27NO12. The van der Waals surface area contributed by atoms with Crippen LogP contribution in [0.3, 0.4) is 0 Å². The molecule has 0 aromatic heterocycles. The number of amides is 1. The van der Waals surface area contributed by atoms with E-state index in [9.17, 15) is 19.8 Å². The van der Waals surface area contributed by atoms with Crippen molar-refractivity contribution in [2.75, 3.05) is 21.0 Å². The number of nitrogens with two attached hydrogens (primary N) is 1. The summed E-state index contributed by atoms with van der Waals surface area (Å²) in [5.74, 6) is 1.43. The Bertz CT molecular complexity index is 1560. The summed E-state index contributed by atoms with van der Waals surface area (Å²) < 4.78 is 44.6. The van der Waals surface area contributed by atoms with Gasteiger partial charge in [-0.2, -0.15) is 0 Å². The Kier molecular flexibility index (Phi) is 6.64. The van der Waals surface area contributed by atoms with Gasteiger partial charge in [0.1, 0.15) is 18.5 Å². The van der Waals surface area contributed by atoms with Crippen LogP contribution in [-0.2, 0) is 20.8 Å². The molecule has 0 radical (unpaired) electrons. The lowest BCUT2D eigenvalue weighted by molar-refractivity contribution is -0.266. The second-order valence-electron chi connectivity index (χ2n) is 9.66. The molecular weight excluding hydrogens is 542 g/mol. The minimum atomic E-state index is -1.63. The van der Waals surface area contributed by atoms with E-state index in [1.165, 1.54) is 21.1 Å². The Morgan fingerprint density at radius 2 is 1.66 bits per heavy atom. The molecule has 0 bridgehead atoms. The summed E-state index contributed by atoms with van der Waals surface area (Å²) in [6.45, 7) is 1.47. The van der Waals surface area contributed by atoms with E-state index in [1.54, 1.807) is 30.3 Å². The molecule has 13 heteroatoms. The first kappa shape index (κ1) is 26.7. The van der Waals surface area contributed by atoms with Gasteiger partial charge in [0.15, 0.2) is 35.2 Å². The van der Waals surface area contributed by atoms with Crippen molar-refractivity contribution in [1.82, 2.24) is 0 Å². The molecule has 1 unspecified atom stereocenters. The van der Waals surface area contributed by atoms with Crippen LogP contribution in [-0.4, -0.2) is 74.0 Å². The zero-order chi connectivity index (χ0) is 29.0. The van der Waals surface area contributed by atoms with E-state index in [0.29, 0.717) is 50.5 Å². The lowest BCUT2D eigenvalue weighted by Crippen LogP contribution is -2.60. The Morgan fingerprint density at radius 1 is 0.951 bits per heavy atom. The number of esters is 1. The number of aliphatic hydroxyl groups excluding tert-OH is 2. The number of fused-ring (bicyclic) bond motifs is 3. The van der Waals surface area contributed by atoms with Gasteiger partial charge in [-0.1, -0.05) is 6.07 Å². The monoisotopic (exact) mass is 569 g/mol. The second-order valence-corrected chi connectivity index (χ2v) is 9.66. The van der Waals surface area contributed by atoms with Crippen molar-refractivity contribution in [2.45, 2.75) is 44.2 Å². The van der Waals surface area contributed by atoms with Gasteiger partial charge < -0.3 is 53.8 Å². The van der Waals surface area contributed by atoms with Gasteiger partial charge in [-0.05, 0) is 42.1 Å². The van der Waals surface area contributed by atoms with Gasteiger partial charge in [0.05, 0.1) is 25.9 Å². The predicted molar refractivity (Wildman–Crippen MR) is 139 cm³/mol. The van der Waals surface area contributed by atoms with Crippen molar-refractivity contribution in [3.8, 4) is 39.9 Å². The van der Waals surface area contributed by atoms with Crippen molar-refractivity contribution < 1.29 is 57.7 Å². The zero-order valence-corrected chi connectivity index (χ0v) is 22.2. The highest BCUT2D eigenvalue weighted by Gasteiger charge is 2.47. The van der Waals surface area contributed by atoms with E-state index in [4.69, 9.17) is 43.6 Å². The normalized spacial score (nSPS) is 24.5. The molecule has 0 aliphatic carbocycles. The molecule has 3 aliphatic heterocycles. The molecule has 0 spiro atoms. The molecule has 1 amide bonds. The number of primary amides is 1. The van der Waals surface area contributed by atoms with Crippen LogP contribution in [0, 0.1) is 0 Å². The lowest BCUT2D eigenvalue weighted by atomic mass is 9.89. The van der Waals surface area contributed by atoms with Crippen molar-refractivity contribution >= 4 is 22.8 Å². The molecule has 3 aromatic carbocycles. The molecule has 216 valence electrons. The summed E-state index contributed by atoms with van der Waals surface area (Å²) in [5.41, 5.74) is 6.97. The Hall–Kier alpha value is -4.46. The fourth-order valence-corrected chi connectivity index (χ4v) is 5.38. The molecule has 3 heterocycles. The van der Waals surface area contributed by atoms with Crippen LogP contribution < -0.4 is 29.4 Å². The molecule has 5 atom stereocenters. The molecule has 6 rings (SSSR count). The third-order valence-corrected chi connectivity index (χ3v) is 7.34. The number of hydrogen-bond donors (Lipinski definition) is 3. The van der Waals surface area contributed by atoms with Crippen molar-refractivity contribution in [3.63, 3.8) is 0 Å². The van der Waals surface area contributed by atoms with E-state index in [2.05, 4.69) is 0 Å². The summed E-state index contributed by atoms with van der Waals surface area (Å²) >= 11 is 0. The van der Waals surface area contributed by atoms with Crippen LogP contribution in [0.5, 0.6) is 28.7 Å². The number of hydrogen-bond acceptors (Lipinski definition) is 12. The van der Waals surface area contributed by atoms with Gasteiger partial charge in [0.2, 0.25) is 13.1 Å². The molecule has 41 heavy (non-hydrogen) atoms. The minimum Gasteiger partial charge on any atom is -0.493 e. The number of methoxy groups -OCH3 is 2. The summed E-state index contributed by atoms with van der Waals surface area (Å²) in [4.78, 5) is 24.7. The molecule has 13 nitrogen and oxygen atoms in total. The standard InChI is InChI=1S/C28H27NO12/c1-11-22(30)25(41-28(29)33)23(31)27(39-11)40-24-14-8-18(35-3)17(34-2)7-13(14)20(21-15(24)9-36-26(21)32)12-4-5-16-19(6-12)38-10-37-16/h4-8,11,22-23,25,27,30-31H,9-10H2,1-3H3,(H2,29,33)/t11-,22-,23-,25+,27?/m1/s1. The van der Waals surface area contributed by atoms with Crippen LogP contribution in [0.1, 0.15) is 22.8 Å². The zero-order valence-electron chi connectivity index (χ0n) is 22.2. The fourth-order valence-electron chi connectivity index (χ4n) is 5.38. The highest BCUT2D eigenvalue weighted by atomic mass is 16.7. The summed E-state index contributed by atoms with van der Waals surface area (Å²) in [7, 11) is 2.96. The van der Waals surface area contributed by atoms with Crippen LogP contribution in [0.4, 0.5) is 4.79 Å². The number of rotatable bonds is 6. The SMILES string of the molecule is COc1cc2c(OC3O[C@H](C)[C@@H](O)[C@H](OC(N)=O)[C@H]3O)c3c(c(-c4ccc5c(c4)OCO5)c2cc1OC)C(=O)OC3. The van der Waals surface area contributed by atoms with E-state index < -0.39 is 42.8 Å². The van der Waals surface area contributed by atoms with Crippen LogP contribution in [0.15, 0.2) is 30.3 Å². The largest absolute Gasteiger partial charge is 0.493 e. The number of ether oxygens (including phenoxy) is 8. The first-order valence-electron chi connectivity index (χ1n) is 12.7. The van der Waals surface area contributed by atoms with Gasteiger partial charge >= 0.3 is 12.1 Å². The van der Waals surface area contributed by atoms with Gasteiger partial charge in [-0.15, -0.1) is 0 Å². The molecule has 3 aliphatic rings. The number of benzene rings is 3. The van der Waals surface area contributed by atoms with Crippen LogP contribution >= 0.6 is 0 Å².